The first kappa shape index (κ1) is 21.0. The molecule has 2 aromatic carbocycles. The smallest absolute Gasteiger partial charge is 0.251 e. The van der Waals surface area contributed by atoms with Crippen LogP contribution < -0.4 is 15.4 Å². The molecule has 8 heteroatoms. The number of sulfonamides is 1. The van der Waals surface area contributed by atoms with Gasteiger partial charge in [-0.2, -0.15) is 0 Å². The van der Waals surface area contributed by atoms with E-state index >= 15 is 0 Å². The quantitative estimate of drug-likeness (QED) is 0.472. The minimum absolute atomic E-state index is 0.162. The predicted octanol–water partition coefficient (Wildman–Crippen LogP) is 2.89. The van der Waals surface area contributed by atoms with Crippen molar-refractivity contribution >= 4 is 21.7 Å². The molecule has 3 aromatic rings. The Morgan fingerprint density at radius 3 is 2.58 bits per heavy atom. The number of fused-ring (bicyclic) bond motifs is 1. The van der Waals surface area contributed by atoms with Crippen molar-refractivity contribution in [2.75, 3.05) is 18.4 Å². The van der Waals surface area contributed by atoms with Gasteiger partial charge in [0.15, 0.2) is 0 Å². The maximum absolute atomic E-state index is 12.8. The number of anilines is 1. The highest BCUT2D eigenvalue weighted by atomic mass is 32.2. The first-order valence-electron chi connectivity index (χ1n) is 10.2. The molecule has 160 valence electrons. The molecule has 1 aliphatic rings. The first-order chi connectivity index (χ1) is 15.0. The second-order valence-corrected chi connectivity index (χ2v) is 9.10. The summed E-state index contributed by atoms with van der Waals surface area (Å²) in [6, 6.07) is 19.4. The van der Waals surface area contributed by atoms with Crippen molar-refractivity contribution in [3.63, 3.8) is 0 Å². The number of carbonyl (C=O) groups is 1. The van der Waals surface area contributed by atoms with Crippen LogP contribution in [0.1, 0.15) is 33.9 Å². The van der Waals surface area contributed by atoms with Crippen molar-refractivity contribution in [3.05, 3.63) is 89.6 Å². The van der Waals surface area contributed by atoms with Crippen molar-refractivity contribution in [2.45, 2.75) is 23.8 Å². The van der Waals surface area contributed by atoms with Gasteiger partial charge in [0.1, 0.15) is 5.82 Å². The highest BCUT2D eigenvalue weighted by Gasteiger charge is 2.26. The number of benzene rings is 2. The van der Waals surface area contributed by atoms with Crippen LogP contribution in [0.15, 0.2) is 77.8 Å². The highest BCUT2D eigenvalue weighted by Crippen LogP contribution is 2.33. The molecule has 1 aliphatic carbocycles. The normalized spacial score (nSPS) is 15.3. The average molecular weight is 437 g/mol. The Morgan fingerprint density at radius 2 is 1.81 bits per heavy atom. The molecule has 4 rings (SSSR count). The lowest BCUT2D eigenvalue weighted by Gasteiger charge is -2.15. The molecule has 0 saturated heterocycles. The van der Waals surface area contributed by atoms with Crippen LogP contribution in [0.5, 0.6) is 0 Å². The summed E-state index contributed by atoms with van der Waals surface area (Å²) in [7, 11) is -3.66. The van der Waals surface area contributed by atoms with E-state index in [0.29, 0.717) is 17.9 Å². The Labute approximate surface area is 182 Å². The molecule has 1 unspecified atom stereocenters. The largest absolute Gasteiger partial charge is 0.369 e. The number of aryl methyl sites for hydroxylation is 1. The van der Waals surface area contributed by atoms with Crippen molar-refractivity contribution in [3.8, 4) is 0 Å². The van der Waals surface area contributed by atoms with Crippen LogP contribution in [-0.2, 0) is 16.4 Å². The number of nitrogens with zero attached hydrogens (tertiary/aromatic N) is 1. The monoisotopic (exact) mass is 436 g/mol. The lowest BCUT2D eigenvalue weighted by atomic mass is 10.1. The van der Waals surface area contributed by atoms with Gasteiger partial charge in [-0.3, -0.25) is 4.79 Å². The van der Waals surface area contributed by atoms with Gasteiger partial charge >= 0.3 is 0 Å². The molecular formula is C23H24N4O3S. The van der Waals surface area contributed by atoms with E-state index in [-0.39, 0.29) is 23.4 Å². The van der Waals surface area contributed by atoms with E-state index in [1.54, 1.807) is 30.5 Å². The molecule has 3 N–H and O–H groups in total. The lowest BCUT2D eigenvalue weighted by molar-refractivity contribution is 0.0936. The zero-order valence-electron chi connectivity index (χ0n) is 16.9. The van der Waals surface area contributed by atoms with Gasteiger partial charge in [0.2, 0.25) is 10.0 Å². The van der Waals surface area contributed by atoms with Gasteiger partial charge in [0, 0.05) is 24.8 Å². The third-order valence-corrected chi connectivity index (χ3v) is 6.69. The summed E-state index contributed by atoms with van der Waals surface area (Å²) in [5.41, 5.74) is 2.51. The van der Waals surface area contributed by atoms with Crippen LogP contribution in [-0.4, -0.2) is 32.4 Å². The van der Waals surface area contributed by atoms with Crippen LogP contribution >= 0.6 is 0 Å². The number of aromatic nitrogens is 1. The third kappa shape index (κ3) is 5.10. The number of rotatable bonds is 8. The summed E-state index contributed by atoms with van der Waals surface area (Å²) in [6.07, 6.45) is 3.22. The van der Waals surface area contributed by atoms with Crippen molar-refractivity contribution in [1.82, 2.24) is 15.0 Å². The molecule has 7 nitrogen and oxygen atoms in total. The molecule has 1 heterocycles. The molecule has 0 aliphatic heterocycles. The lowest BCUT2D eigenvalue weighted by Crippen LogP contribution is -2.29. The van der Waals surface area contributed by atoms with Crippen LogP contribution in [0.2, 0.25) is 0 Å². The Morgan fingerprint density at radius 1 is 1.00 bits per heavy atom. The Bertz CT molecular complexity index is 1150. The number of hydrogen-bond donors (Lipinski definition) is 3. The fourth-order valence-corrected chi connectivity index (χ4v) is 4.72. The van der Waals surface area contributed by atoms with E-state index in [4.69, 9.17) is 0 Å². The van der Waals surface area contributed by atoms with Gasteiger partial charge in [-0.1, -0.05) is 30.3 Å². The zero-order valence-corrected chi connectivity index (χ0v) is 17.7. The van der Waals surface area contributed by atoms with E-state index in [0.717, 1.165) is 24.0 Å². The Kier molecular flexibility index (Phi) is 6.29. The highest BCUT2D eigenvalue weighted by molar-refractivity contribution is 7.89. The number of carbonyl (C=O) groups excluding carboxylic acids is 1. The number of pyridine rings is 1. The summed E-state index contributed by atoms with van der Waals surface area (Å²) in [5, 5.41) is 6.10. The molecule has 0 radical (unpaired) electrons. The van der Waals surface area contributed by atoms with Gasteiger partial charge in [0.25, 0.3) is 5.91 Å². The Hall–Kier alpha value is -3.23. The molecule has 1 amide bonds. The number of nitrogens with one attached hydrogen (secondary N) is 3. The molecule has 31 heavy (non-hydrogen) atoms. The summed E-state index contributed by atoms with van der Waals surface area (Å²) in [4.78, 5) is 16.9. The van der Waals surface area contributed by atoms with Gasteiger partial charge < -0.3 is 10.6 Å². The molecule has 1 atom stereocenters. The third-order valence-electron chi connectivity index (χ3n) is 5.23. The summed E-state index contributed by atoms with van der Waals surface area (Å²) in [5.74, 6) is 0.529. The van der Waals surface area contributed by atoms with Crippen LogP contribution in [0, 0.1) is 0 Å². The fraction of sp³-hybridized carbons (Fsp3) is 0.217. The number of hydrogen-bond acceptors (Lipinski definition) is 5. The molecular weight excluding hydrogens is 412 g/mol. The second kappa shape index (κ2) is 9.28. The molecule has 1 aromatic heterocycles. The van der Waals surface area contributed by atoms with Crippen molar-refractivity contribution in [2.24, 2.45) is 0 Å². The summed E-state index contributed by atoms with van der Waals surface area (Å²) in [6.45, 7) is 0.640. The minimum atomic E-state index is -3.66. The van der Waals surface area contributed by atoms with Gasteiger partial charge in [0.05, 0.1) is 10.9 Å². The summed E-state index contributed by atoms with van der Waals surface area (Å²) < 4.78 is 28.1. The van der Waals surface area contributed by atoms with Crippen molar-refractivity contribution in [1.29, 1.82) is 0 Å². The van der Waals surface area contributed by atoms with E-state index in [2.05, 4.69) is 20.3 Å². The van der Waals surface area contributed by atoms with E-state index < -0.39 is 10.0 Å². The molecule has 0 spiro atoms. The minimum Gasteiger partial charge on any atom is -0.369 e. The van der Waals surface area contributed by atoms with Gasteiger partial charge in [-0.05, 0) is 60.4 Å². The second-order valence-electron chi connectivity index (χ2n) is 7.33. The van der Waals surface area contributed by atoms with E-state index in [9.17, 15) is 13.2 Å². The van der Waals surface area contributed by atoms with Crippen LogP contribution in [0.3, 0.4) is 0 Å². The topological polar surface area (TPSA) is 100 Å². The SMILES string of the molecule is O=C(NC1CCc2ccc(S(=O)(=O)NCCNc3ccccn3)cc21)c1ccccc1. The van der Waals surface area contributed by atoms with Gasteiger partial charge in [-0.15, -0.1) is 0 Å². The average Bonchev–Trinajstić information content (AvgIpc) is 3.20. The predicted molar refractivity (Wildman–Crippen MR) is 119 cm³/mol. The van der Waals surface area contributed by atoms with Crippen LogP contribution in [0.25, 0.3) is 0 Å². The fourth-order valence-electron chi connectivity index (χ4n) is 3.66. The van der Waals surface area contributed by atoms with E-state index in [1.807, 2.05) is 42.5 Å². The molecule has 0 bridgehead atoms. The maximum Gasteiger partial charge on any atom is 0.251 e. The number of amides is 1. The molecule has 0 saturated carbocycles. The molecule has 0 fully saturated rings. The standard InChI is InChI=1S/C23H24N4O3S/c28-23(18-6-2-1-3-7-18)27-21-12-10-17-9-11-19(16-20(17)21)31(29,30)26-15-14-25-22-8-4-5-13-24-22/h1-9,11,13,16,21,26H,10,12,14-15H2,(H,24,25)(H,27,28). The Balaban J connectivity index is 1.40. The van der Waals surface area contributed by atoms with Gasteiger partial charge in [-0.25, -0.2) is 18.1 Å². The van der Waals surface area contributed by atoms with Crippen molar-refractivity contribution < 1.29 is 13.2 Å². The maximum atomic E-state index is 12.8. The summed E-state index contributed by atoms with van der Waals surface area (Å²) >= 11 is 0. The zero-order chi connectivity index (χ0) is 21.7. The van der Waals surface area contributed by atoms with Crippen LogP contribution in [0.4, 0.5) is 5.82 Å². The van der Waals surface area contributed by atoms with E-state index in [1.165, 1.54) is 0 Å². The first-order valence-corrected chi connectivity index (χ1v) is 11.6.